The second-order valence-corrected chi connectivity index (χ2v) is 7.52. The maximum atomic E-state index is 11.1. The van der Waals surface area contributed by atoms with Crippen molar-refractivity contribution >= 4 is 29.1 Å². The predicted molar refractivity (Wildman–Crippen MR) is 74.4 cm³/mol. The third-order valence-electron chi connectivity index (χ3n) is 3.80. The van der Waals surface area contributed by atoms with Gasteiger partial charge in [-0.05, 0) is 25.7 Å². The van der Waals surface area contributed by atoms with Crippen molar-refractivity contribution < 1.29 is 9.90 Å². The van der Waals surface area contributed by atoms with Crippen LogP contribution in [0.4, 0.5) is 0 Å². The minimum Gasteiger partial charge on any atom is -0.481 e. The first-order valence-corrected chi connectivity index (χ1v) is 8.43. The number of thioether (sulfide) groups is 1. The Morgan fingerprint density at radius 3 is 2.89 bits per heavy atom. The molecule has 5 heteroatoms. The second kappa shape index (κ2) is 5.21. The van der Waals surface area contributed by atoms with Crippen molar-refractivity contribution in [1.29, 1.82) is 0 Å². The Morgan fingerprint density at radius 2 is 2.17 bits per heavy atom. The van der Waals surface area contributed by atoms with Crippen LogP contribution in [0.3, 0.4) is 0 Å². The summed E-state index contributed by atoms with van der Waals surface area (Å²) in [5, 5.41) is 11.1. The first-order chi connectivity index (χ1) is 8.74. The minimum atomic E-state index is -0.714. The largest absolute Gasteiger partial charge is 0.481 e. The zero-order chi connectivity index (χ0) is 12.5. The summed E-state index contributed by atoms with van der Waals surface area (Å²) in [6, 6.07) is 0. The summed E-state index contributed by atoms with van der Waals surface area (Å²) in [4.78, 5) is 16.9. The number of aromatic nitrogens is 1. The lowest BCUT2D eigenvalue weighted by molar-refractivity contribution is -0.138. The number of carboxylic acids is 1. The average Bonchev–Trinajstić information content (AvgIpc) is 3.02. The molecule has 0 spiro atoms. The molecule has 98 valence electrons. The molecule has 1 unspecified atom stereocenters. The first-order valence-electron chi connectivity index (χ1n) is 6.57. The number of aryl methyl sites for hydroxylation is 1. The molecule has 1 aromatic rings. The quantitative estimate of drug-likeness (QED) is 0.919. The monoisotopic (exact) mass is 283 g/mol. The molecule has 3 rings (SSSR count). The number of fused-ring (bicyclic) bond motifs is 1. The van der Waals surface area contributed by atoms with Crippen LogP contribution < -0.4 is 0 Å². The Balaban J connectivity index is 1.64. The van der Waals surface area contributed by atoms with Gasteiger partial charge in [-0.3, -0.25) is 4.79 Å². The van der Waals surface area contributed by atoms with Crippen molar-refractivity contribution in [1.82, 2.24) is 4.98 Å². The molecule has 0 saturated heterocycles. The minimum absolute atomic E-state index is 0.346. The van der Waals surface area contributed by atoms with E-state index in [1.54, 1.807) is 11.3 Å². The fourth-order valence-electron chi connectivity index (χ4n) is 2.82. The van der Waals surface area contributed by atoms with Gasteiger partial charge in [-0.2, -0.15) is 11.8 Å². The highest BCUT2D eigenvalue weighted by Gasteiger charge is 2.32. The van der Waals surface area contributed by atoms with Crippen LogP contribution in [0, 0.1) is 0 Å². The van der Waals surface area contributed by atoms with Crippen LogP contribution in [0.2, 0.25) is 0 Å². The average molecular weight is 283 g/mol. The molecule has 2 aliphatic carbocycles. The van der Waals surface area contributed by atoms with E-state index in [0.29, 0.717) is 0 Å². The molecule has 18 heavy (non-hydrogen) atoms. The number of carboxylic acid groups (broad SMARTS) is 1. The maximum Gasteiger partial charge on any atom is 0.312 e. The summed E-state index contributed by atoms with van der Waals surface area (Å²) >= 11 is 3.74. The van der Waals surface area contributed by atoms with Crippen molar-refractivity contribution in [2.75, 3.05) is 0 Å². The highest BCUT2D eigenvalue weighted by molar-refractivity contribution is 7.99. The van der Waals surface area contributed by atoms with Gasteiger partial charge in [0.25, 0.3) is 0 Å². The topological polar surface area (TPSA) is 50.2 Å². The summed E-state index contributed by atoms with van der Waals surface area (Å²) in [5.41, 5.74) is 0.856. The van der Waals surface area contributed by atoms with E-state index in [-0.39, 0.29) is 5.92 Å². The van der Waals surface area contributed by atoms with Crippen LogP contribution in [-0.2, 0) is 17.0 Å². The molecular formula is C13H17NO2S2. The molecule has 0 aliphatic heterocycles. The molecule has 0 radical (unpaired) electrons. The van der Waals surface area contributed by atoms with Crippen LogP contribution >= 0.6 is 23.1 Å². The van der Waals surface area contributed by atoms with Crippen LogP contribution in [-0.4, -0.2) is 21.3 Å². The molecule has 1 N–H and O–H groups in total. The summed E-state index contributed by atoms with van der Waals surface area (Å²) in [6.45, 7) is 0. The molecule has 0 aromatic carbocycles. The maximum absolute atomic E-state index is 11.1. The van der Waals surface area contributed by atoms with Crippen LogP contribution in [0.1, 0.15) is 53.6 Å². The van der Waals surface area contributed by atoms with E-state index in [1.807, 2.05) is 11.8 Å². The molecule has 1 heterocycles. The fraction of sp³-hybridized carbons (Fsp3) is 0.692. The Kier molecular flexibility index (Phi) is 3.61. The van der Waals surface area contributed by atoms with Gasteiger partial charge in [0.1, 0.15) is 10.9 Å². The summed E-state index contributed by atoms with van der Waals surface area (Å²) in [5.74, 6) is -0.0928. The number of carbonyl (C=O) groups is 1. The zero-order valence-electron chi connectivity index (χ0n) is 10.2. The molecule has 1 aromatic heterocycles. The third kappa shape index (κ3) is 2.43. The van der Waals surface area contributed by atoms with Gasteiger partial charge in [0.15, 0.2) is 0 Å². The smallest absolute Gasteiger partial charge is 0.312 e. The second-order valence-electron chi connectivity index (χ2n) is 5.06. The summed E-state index contributed by atoms with van der Waals surface area (Å²) in [7, 11) is 0. The Labute approximate surface area is 115 Å². The van der Waals surface area contributed by atoms with Gasteiger partial charge in [0.05, 0.1) is 5.69 Å². The van der Waals surface area contributed by atoms with Gasteiger partial charge in [0, 0.05) is 15.9 Å². The highest BCUT2D eigenvalue weighted by Crippen LogP contribution is 2.39. The SMILES string of the molecule is O=C(O)C1CCc2sc(CSC3CCCC3)nc21. The standard InChI is InChI=1S/C13H17NO2S2/c15-13(16)9-5-6-10-12(9)14-11(18-10)7-17-8-3-1-2-4-8/h8-9H,1-7H2,(H,15,16). The number of rotatable bonds is 4. The molecule has 3 nitrogen and oxygen atoms in total. The van der Waals surface area contributed by atoms with E-state index in [4.69, 9.17) is 5.11 Å². The Hall–Kier alpha value is -0.550. The van der Waals surface area contributed by atoms with E-state index in [0.717, 1.165) is 34.5 Å². The molecule has 0 amide bonds. The molecule has 2 aliphatic rings. The lowest BCUT2D eigenvalue weighted by Gasteiger charge is -2.06. The van der Waals surface area contributed by atoms with Gasteiger partial charge < -0.3 is 5.11 Å². The highest BCUT2D eigenvalue weighted by atomic mass is 32.2. The predicted octanol–water partition coefficient (Wildman–Crippen LogP) is 3.43. The molecule has 1 fully saturated rings. The lowest BCUT2D eigenvalue weighted by Crippen LogP contribution is -2.08. The van der Waals surface area contributed by atoms with E-state index in [2.05, 4.69) is 4.98 Å². The normalized spacial score (nSPS) is 23.4. The van der Waals surface area contributed by atoms with Crippen molar-refractivity contribution in [3.63, 3.8) is 0 Å². The van der Waals surface area contributed by atoms with Crippen molar-refractivity contribution in [3.8, 4) is 0 Å². The fourth-order valence-corrected chi connectivity index (χ4v) is 5.31. The van der Waals surface area contributed by atoms with Crippen molar-refractivity contribution in [2.24, 2.45) is 0 Å². The lowest BCUT2D eigenvalue weighted by atomic mass is 10.1. The molecule has 0 bridgehead atoms. The van der Waals surface area contributed by atoms with Gasteiger partial charge in [-0.1, -0.05) is 12.8 Å². The number of nitrogens with zero attached hydrogens (tertiary/aromatic N) is 1. The van der Waals surface area contributed by atoms with Crippen molar-refractivity contribution in [3.05, 3.63) is 15.6 Å². The van der Waals surface area contributed by atoms with Gasteiger partial charge in [0.2, 0.25) is 0 Å². The summed E-state index contributed by atoms with van der Waals surface area (Å²) in [6.07, 6.45) is 7.05. The van der Waals surface area contributed by atoms with E-state index >= 15 is 0 Å². The molecule has 1 saturated carbocycles. The van der Waals surface area contributed by atoms with Gasteiger partial charge in [-0.15, -0.1) is 11.3 Å². The van der Waals surface area contributed by atoms with E-state index in [9.17, 15) is 4.79 Å². The number of aliphatic carboxylic acids is 1. The first kappa shape index (κ1) is 12.5. The van der Waals surface area contributed by atoms with Crippen LogP contribution in [0.25, 0.3) is 0 Å². The van der Waals surface area contributed by atoms with Gasteiger partial charge >= 0.3 is 5.97 Å². The number of hydrogen-bond acceptors (Lipinski definition) is 4. The Bertz CT molecular complexity index is 452. The van der Waals surface area contributed by atoms with Crippen LogP contribution in [0.5, 0.6) is 0 Å². The van der Waals surface area contributed by atoms with E-state index in [1.165, 1.54) is 30.6 Å². The number of thiazole rings is 1. The van der Waals surface area contributed by atoms with Crippen molar-refractivity contribution in [2.45, 2.75) is 55.4 Å². The molecule has 1 atom stereocenters. The zero-order valence-corrected chi connectivity index (χ0v) is 11.9. The van der Waals surface area contributed by atoms with Crippen LogP contribution in [0.15, 0.2) is 0 Å². The third-order valence-corrected chi connectivity index (χ3v) is 6.50. The Morgan fingerprint density at radius 1 is 1.39 bits per heavy atom. The number of hydrogen-bond donors (Lipinski definition) is 1. The molecular weight excluding hydrogens is 266 g/mol. The van der Waals surface area contributed by atoms with E-state index < -0.39 is 5.97 Å². The summed E-state index contributed by atoms with van der Waals surface area (Å²) < 4.78 is 0. The van der Waals surface area contributed by atoms with Gasteiger partial charge in [-0.25, -0.2) is 4.98 Å².